The van der Waals surface area contributed by atoms with Gasteiger partial charge in [-0.3, -0.25) is 0 Å². The molecule has 0 aromatic heterocycles. The maximum Gasteiger partial charge on any atom is 1.00 e. The predicted molar refractivity (Wildman–Crippen MR) is 117 cm³/mol. The Morgan fingerprint density at radius 2 is 1.31 bits per heavy atom. The fourth-order valence-electron chi connectivity index (χ4n) is 4.00. The molecule has 0 aliphatic carbocycles. The molecule has 0 aliphatic heterocycles. The number of unbranched alkanes of at least 4 members (excludes halogenated alkanes) is 8. The third-order valence-electron chi connectivity index (χ3n) is 5.57. The van der Waals surface area contributed by atoms with Crippen molar-refractivity contribution in [3.8, 4) is 0 Å². The fourth-order valence-corrected chi connectivity index (χ4v) is 4.75. The number of fused-ring (bicyclic) bond motifs is 1. The summed E-state index contributed by atoms with van der Waals surface area (Å²) in [4.78, 5) is -0.0319. The van der Waals surface area contributed by atoms with Crippen LogP contribution in [0.25, 0.3) is 10.8 Å². The first kappa shape index (κ1) is 26.6. The Morgan fingerprint density at radius 3 is 1.90 bits per heavy atom. The summed E-state index contributed by atoms with van der Waals surface area (Å²) in [6.07, 6.45) is 13.3. The van der Waals surface area contributed by atoms with Gasteiger partial charge in [0, 0.05) is 0 Å². The second-order valence-corrected chi connectivity index (χ2v) is 9.19. The van der Waals surface area contributed by atoms with Crippen molar-refractivity contribution < 1.29 is 42.5 Å². The molecule has 29 heavy (non-hydrogen) atoms. The van der Waals surface area contributed by atoms with Gasteiger partial charge in [0.1, 0.15) is 10.1 Å². The van der Waals surface area contributed by atoms with Crippen molar-refractivity contribution in [1.29, 1.82) is 0 Å². The SMILES string of the molecule is CCCCCCCc1cccc2c(CCCCCCC)c(S(=O)(=O)[O-])ccc12.[Na+]. The van der Waals surface area contributed by atoms with E-state index in [-0.39, 0.29) is 34.5 Å². The van der Waals surface area contributed by atoms with E-state index in [4.69, 9.17) is 0 Å². The molecular formula is C24H35NaO3S. The molecule has 0 unspecified atom stereocenters. The summed E-state index contributed by atoms with van der Waals surface area (Å²) in [6, 6.07) is 9.49. The summed E-state index contributed by atoms with van der Waals surface area (Å²) in [6.45, 7) is 4.40. The normalized spacial score (nSPS) is 11.6. The number of hydrogen-bond acceptors (Lipinski definition) is 3. The molecule has 2 rings (SSSR count). The standard InChI is InChI=1S/C24H36O3S.Na/c1-3-5-7-9-11-14-20-15-13-17-22-21(20)18-19-24(28(25,26)27)23(22)16-12-10-8-6-4-2;/h13,15,17-19H,3-12,14,16H2,1-2H3,(H,25,26,27);/q;+1/p-1. The Bertz CT molecular complexity index is 847. The van der Waals surface area contributed by atoms with E-state index in [1.54, 1.807) is 0 Å². The number of benzene rings is 2. The zero-order valence-corrected chi connectivity index (χ0v) is 21.3. The molecular weight excluding hydrogens is 391 g/mol. The van der Waals surface area contributed by atoms with E-state index in [2.05, 4.69) is 19.9 Å². The molecule has 0 aliphatic rings. The van der Waals surface area contributed by atoms with E-state index in [1.165, 1.54) is 50.2 Å². The van der Waals surface area contributed by atoms with Crippen molar-refractivity contribution in [2.45, 2.75) is 95.8 Å². The maximum atomic E-state index is 11.8. The second-order valence-electron chi connectivity index (χ2n) is 7.84. The topological polar surface area (TPSA) is 57.2 Å². The van der Waals surface area contributed by atoms with Crippen molar-refractivity contribution >= 4 is 20.9 Å². The average molecular weight is 427 g/mol. The molecule has 5 heteroatoms. The van der Waals surface area contributed by atoms with Crippen molar-refractivity contribution in [3.63, 3.8) is 0 Å². The molecule has 2 aromatic carbocycles. The first-order valence-electron chi connectivity index (χ1n) is 11.0. The van der Waals surface area contributed by atoms with Gasteiger partial charge in [0.25, 0.3) is 0 Å². The van der Waals surface area contributed by atoms with Gasteiger partial charge >= 0.3 is 29.6 Å². The van der Waals surface area contributed by atoms with Crippen LogP contribution >= 0.6 is 0 Å². The zero-order chi connectivity index (χ0) is 20.4. The molecule has 0 atom stereocenters. The van der Waals surface area contributed by atoms with Gasteiger partial charge in [0.2, 0.25) is 0 Å². The first-order valence-corrected chi connectivity index (χ1v) is 12.4. The van der Waals surface area contributed by atoms with Crippen LogP contribution in [0.2, 0.25) is 0 Å². The molecule has 3 nitrogen and oxygen atoms in total. The summed E-state index contributed by atoms with van der Waals surface area (Å²) >= 11 is 0. The summed E-state index contributed by atoms with van der Waals surface area (Å²) in [5.74, 6) is 0. The average Bonchev–Trinajstić information content (AvgIpc) is 2.66. The Kier molecular flexibility index (Phi) is 12.7. The van der Waals surface area contributed by atoms with Crippen molar-refractivity contribution in [3.05, 3.63) is 41.5 Å². The minimum Gasteiger partial charge on any atom is -0.744 e. The largest absolute Gasteiger partial charge is 1.00 e. The fraction of sp³-hybridized carbons (Fsp3) is 0.583. The minimum atomic E-state index is -4.46. The molecule has 0 radical (unpaired) electrons. The van der Waals surface area contributed by atoms with Crippen LogP contribution < -0.4 is 29.6 Å². The van der Waals surface area contributed by atoms with Crippen LogP contribution in [-0.4, -0.2) is 13.0 Å². The Balaban J connectivity index is 0.00000420. The van der Waals surface area contributed by atoms with E-state index in [0.717, 1.165) is 48.4 Å². The Labute approximate surface area is 199 Å². The van der Waals surface area contributed by atoms with Crippen LogP contribution in [0.1, 0.15) is 89.2 Å². The number of hydrogen-bond donors (Lipinski definition) is 0. The van der Waals surface area contributed by atoms with Gasteiger partial charge in [-0.25, -0.2) is 8.42 Å². The molecule has 0 saturated carbocycles. The quantitative estimate of drug-likeness (QED) is 0.278. The van der Waals surface area contributed by atoms with Crippen LogP contribution in [0.3, 0.4) is 0 Å². The van der Waals surface area contributed by atoms with Gasteiger partial charge in [0.15, 0.2) is 0 Å². The third-order valence-corrected chi connectivity index (χ3v) is 6.49. The molecule has 0 saturated heterocycles. The van der Waals surface area contributed by atoms with Crippen LogP contribution in [0.4, 0.5) is 0 Å². The maximum absolute atomic E-state index is 11.8. The molecule has 2 aromatic rings. The van der Waals surface area contributed by atoms with E-state index in [1.807, 2.05) is 18.2 Å². The molecule has 0 heterocycles. The summed E-state index contributed by atoms with van der Waals surface area (Å²) in [5, 5.41) is 2.05. The Hall–Kier alpha value is -0.390. The Morgan fingerprint density at radius 1 is 0.724 bits per heavy atom. The predicted octanol–water partition coefficient (Wildman–Crippen LogP) is 3.77. The van der Waals surface area contributed by atoms with Gasteiger partial charge in [-0.2, -0.15) is 0 Å². The van der Waals surface area contributed by atoms with Gasteiger partial charge in [0.05, 0.1) is 4.90 Å². The second kappa shape index (κ2) is 13.8. The summed E-state index contributed by atoms with van der Waals surface area (Å²) in [5.41, 5.74) is 1.98. The van der Waals surface area contributed by atoms with Crippen molar-refractivity contribution in [2.24, 2.45) is 0 Å². The molecule has 156 valence electrons. The van der Waals surface area contributed by atoms with Crippen molar-refractivity contribution in [1.82, 2.24) is 0 Å². The van der Waals surface area contributed by atoms with E-state index in [0.29, 0.717) is 6.42 Å². The molecule has 0 fully saturated rings. The number of rotatable bonds is 13. The summed E-state index contributed by atoms with van der Waals surface area (Å²) < 4.78 is 35.5. The third kappa shape index (κ3) is 8.34. The molecule has 0 amide bonds. The van der Waals surface area contributed by atoms with Gasteiger partial charge in [-0.15, -0.1) is 0 Å². The molecule has 0 N–H and O–H groups in total. The van der Waals surface area contributed by atoms with E-state index in [9.17, 15) is 13.0 Å². The van der Waals surface area contributed by atoms with E-state index >= 15 is 0 Å². The zero-order valence-electron chi connectivity index (χ0n) is 18.5. The van der Waals surface area contributed by atoms with Crippen LogP contribution in [0.15, 0.2) is 35.2 Å². The van der Waals surface area contributed by atoms with Crippen LogP contribution in [0.5, 0.6) is 0 Å². The van der Waals surface area contributed by atoms with Crippen molar-refractivity contribution in [2.75, 3.05) is 0 Å². The minimum absolute atomic E-state index is 0. The monoisotopic (exact) mass is 426 g/mol. The molecule has 0 bridgehead atoms. The summed E-state index contributed by atoms with van der Waals surface area (Å²) in [7, 11) is -4.46. The van der Waals surface area contributed by atoms with Gasteiger partial charge in [-0.05, 0) is 53.6 Å². The van der Waals surface area contributed by atoms with E-state index < -0.39 is 10.1 Å². The molecule has 0 spiro atoms. The number of aryl methyl sites for hydroxylation is 2. The smallest absolute Gasteiger partial charge is 0.744 e. The van der Waals surface area contributed by atoms with Gasteiger partial charge < -0.3 is 4.55 Å². The first-order chi connectivity index (χ1) is 13.5. The van der Waals surface area contributed by atoms with Crippen LogP contribution in [-0.2, 0) is 23.0 Å². The van der Waals surface area contributed by atoms with Crippen LogP contribution in [0, 0.1) is 0 Å². The van der Waals surface area contributed by atoms with Gasteiger partial charge in [-0.1, -0.05) is 89.5 Å².